The number of likely N-dealkylation sites (tertiary alicyclic amines) is 1. The maximum atomic E-state index is 12.3. The molecular weight excluding hydrogens is 326 g/mol. The summed E-state index contributed by atoms with van der Waals surface area (Å²) in [7, 11) is 1.62. The third kappa shape index (κ3) is 4.70. The third-order valence-electron chi connectivity index (χ3n) is 4.81. The van der Waals surface area contributed by atoms with Gasteiger partial charge >= 0.3 is 11.8 Å². The Morgan fingerprint density at radius 1 is 1.00 bits per heavy atom. The molecule has 0 unspecified atom stereocenters. The van der Waals surface area contributed by atoms with Crippen molar-refractivity contribution in [1.29, 1.82) is 0 Å². The lowest BCUT2D eigenvalue weighted by atomic mass is 10.0. The van der Waals surface area contributed by atoms with Gasteiger partial charge in [0, 0.05) is 38.4 Å². The van der Waals surface area contributed by atoms with Gasteiger partial charge in [-0.05, 0) is 30.5 Å². The largest absolute Gasteiger partial charge is 0.345 e. The van der Waals surface area contributed by atoms with E-state index in [1.165, 1.54) is 10.5 Å². The SMILES string of the molecule is CN(C(=O)C(=O)NC1CCN(Cc2ccccc2)CC1)c1ccccc1. The van der Waals surface area contributed by atoms with E-state index in [-0.39, 0.29) is 6.04 Å². The Hall–Kier alpha value is -2.66. The van der Waals surface area contributed by atoms with Crippen molar-refractivity contribution in [2.75, 3.05) is 25.0 Å². The number of para-hydroxylation sites is 1. The Morgan fingerprint density at radius 2 is 1.58 bits per heavy atom. The van der Waals surface area contributed by atoms with Crippen LogP contribution in [0.5, 0.6) is 0 Å². The van der Waals surface area contributed by atoms with Crippen LogP contribution in [0.25, 0.3) is 0 Å². The summed E-state index contributed by atoms with van der Waals surface area (Å²) in [5, 5.41) is 2.90. The molecule has 1 N–H and O–H groups in total. The Balaban J connectivity index is 1.46. The Bertz CT molecular complexity index is 725. The summed E-state index contributed by atoms with van der Waals surface area (Å²) >= 11 is 0. The average molecular weight is 351 g/mol. The summed E-state index contributed by atoms with van der Waals surface area (Å²) in [6.07, 6.45) is 1.72. The first-order valence-corrected chi connectivity index (χ1v) is 9.03. The number of likely N-dealkylation sites (N-methyl/N-ethyl adjacent to an activating group) is 1. The minimum absolute atomic E-state index is 0.0580. The summed E-state index contributed by atoms with van der Waals surface area (Å²) in [6, 6.07) is 19.6. The molecule has 1 aliphatic heterocycles. The van der Waals surface area contributed by atoms with Gasteiger partial charge in [-0.25, -0.2) is 0 Å². The van der Waals surface area contributed by atoms with Crippen LogP contribution in [-0.2, 0) is 16.1 Å². The normalized spacial score (nSPS) is 15.4. The zero-order valence-corrected chi connectivity index (χ0v) is 15.1. The molecule has 1 heterocycles. The molecule has 0 bridgehead atoms. The number of nitrogens with one attached hydrogen (secondary N) is 1. The van der Waals surface area contributed by atoms with Crippen LogP contribution >= 0.6 is 0 Å². The van der Waals surface area contributed by atoms with Gasteiger partial charge in [0.2, 0.25) is 0 Å². The first kappa shape index (κ1) is 18.1. The fourth-order valence-corrected chi connectivity index (χ4v) is 3.25. The van der Waals surface area contributed by atoms with E-state index in [9.17, 15) is 9.59 Å². The van der Waals surface area contributed by atoms with Gasteiger partial charge in [0.1, 0.15) is 0 Å². The monoisotopic (exact) mass is 351 g/mol. The number of rotatable bonds is 4. The molecular formula is C21H25N3O2. The smallest absolute Gasteiger partial charge is 0.316 e. The van der Waals surface area contributed by atoms with Crippen molar-refractivity contribution in [3.05, 3.63) is 66.2 Å². The van der Waals surface area contributed by atoms with Gasteiger partial charge in [-0.2, -0.15) is 0 Å². The van der Waals surface area contributed by atoms with E-state index >= 15 is 0 Å². The molecule has 5 nitrogen and oxygen atoms in total. The predicted octanol–water partition coefficient (Wildman–Crippen LogP) is 2.43. The molecule has 0 spiro atoms. The molecule has 0 aliphatic carbocycles. The van der Waals surface area contributed by atoms with Gasteiger partial charge in [-0.15, -0.1) is 0 Å². The molecule has 1 saturated heterocycles. The highest BCUT2D eigenvalue weighted by molar-refractivity contribution is 6.40. The van der Waals surface area contributed by atoms with E-state index in [0.29, 0.717) is 5.69 Å². The molecule has 3 rings (SSSR count). The molecule has 2 aromatic rings. The van der Waals surface area contributed by atoms with Crippen LogP contribution in [0.2, 0.25) is 0 Å². The lowest BCUT2D eigenvalue weighted by Crippen LogP contribution is -2.49. The van der Waals surface area contributed by atoms with Gasteiger partial charge in [-0.1, -0.05) is 48.5 Å². The molecule has 1 aliphatic rings. The molecule has 2 amide bonds. The van der Waals surface area contributed by atoms with Crippen molar-refractivity contribution in [1.82, 2.24) is 10.2 Å². The van der Waals surface area contributed by atoms with Crippen LogP contribution in [0.1, 0.15) is 18.4 Å². The van der Waals surface area contributed by atoms with Crippen molar-refractivity contribution in [3.63, 3.8) is 0 Å². The maximum Gasteiger partial charge on any atom is 0.316 e. The number of nitrogens with zero attached hydrogens (tertiary/aromatic N) is 2. The highest BCUT2D eigenvalue weighted by atomic mass is 16.2. The number of carbonyl (C=O) groups is 2. The molecule has 1 fully saturated rings. The van der Waals surface area contributed by atoms with E-state index in [2.05, 4.69) is 34.5 Å². The molecule has 2 aromatic carbocycles. The van der Waals surface area contributed by atoms with E-state index in [1.54, 1.807) is 7.05 Å². The second kappa shape index (κ2) is 8.63. The van der Waals surface area contributed by atoms with Crippen molar-refractivity contribution in [2.45, 2.75) is 25.4 Å². The zero-order chi connectivity index (χ0) is 18.4. The zero-order valence-electron chi connectivity index (χ0n) is 15.1. The first-order chi connectivity index (χ1) is 12.6. The van der Waals surface area contributed by atoms with Crippen LogP contribution in [0, 0.1) is 0 Å². The third-order valence-corrected chi connectivity index (χ3v) is 4.81. The summed E-state index contributed by atoms with van der Waals surface area (Å²) in [4.78, 5) is 28.4. The molecule has 26 heavy (non-hydrogen) atoms. The van der Waals surface area contributed by atoms with E-state index in [1.807, 2.05) is 36.4 Å². The highest BCUT2D eigenvalue weighted by Crippen LogP contribution is 2.15. The van der Waals surface area contributed by atoms with Crippen molar-refractivity contribution < 1.29 is 9.59 Å². The number of anilines is 1. The van der Waals surface area contributed by atoms with Crippen molar-refractivity contribution in [3.8, 4) is 0 Å². The molecule has 136 valence electrons. The number of piperidine rings is 1. The summed E-state index contributed by atoms with van der Waals surface area (Å²) < 4.78 is 0. The van der Waals surface area contributed by atoms with Gasteiger partial charge in [0.05, 0.1) is 0 Å². The van der Waals surface area contributed by atoms with Crippen LogP contribution < -0.4 is 10.2 Å². The van der Waals surface area contributed by atoms with Crippen molar-refractivity contribution >= 4 is 17.5 Å². The molecule has 0 saturated carbocycles. The van der Waals surface area contributed by atoms with Crippen LogP contribution in [0.4, 0.5) is 5.69 Å². The van der Waals surface area contributed by atoms with E-state index in [4.69, 9.17) is 0 Å². The van der Waals surface area contributed by atoms with Gasteiger partial charge in [-0.3, -0.25) is 14.5 Å². The standard InChI is InChI=1S/C21H25N3O2/c1-23(19-10-6-3-7-11-19)21(26)20(25)22-18-12-14-24(15-13-18)16-17-8-4-2-5-9-17/h2-11,18H,12-16H2,1H3,(H,22,25). The fourth-order valence-electron chi connectivity index (χ4n) is 3.25. The van der Waals surface area contributed by atoms with Gasteiger partial charge in [0.15, 0.2) is 0 Å². The topological polar surface area (TPSA) is 52.7 Å². The number of benzene rings is 2. The predicted molar refractivity (Wildman–Crippen MR) is 103 cm³/mol. The van der Waals surface area contributed by atoms with Gasteiger partial charge in [0.25, 0.3) is 0 Å². The Labute approximate surface area is 154 Å². The fraction of sp³-hybridized carbons (Fsp3) is 0.333. The van der Waals surface area contributed by atoms with Crippen LogP contribution in [0.15, 0.2) is 60.7 Å². The summed E-state index contributed by atoms with van der Waals surface area (Å²) in [5.74, 6) is -1.05. The second-order valence-electron chi connectivity index (χ2n) is 6.71. The quantitative estimate of drug-likeness (QED) is 0.861. The lowest BCUT2D eigenvalue weighted by Gasteiger charge is -2.32. The number of hydrogen-bond acceptors (Lipinski definition) is 3. The van der Waals surface area contributed by atoms with E-state index in [0.717, 1.165) is 32.5 Å². The Kier molecular flexibility index (Phi) is 6.02. The highest BCUT2D eigenvalue weighted by Gasteiger charge is 2.25. The van der Waals surface area contributed by atoms with E-state index < -0.39 is 11.8 Å². The average Bonchev–Trinajstić information content (AvgIpc) is 2.70. The summed E-state index contributed by atoms with van der Waals surface area (Å²) in [5.41, 5.74) is 2.01. The molecule has 5 heteroatoms. The molecule has 0 aromatic heterocycles. The maximum absolute atomic E-state index is 12.3. The van der Waals surface area contributed by atoms with Gasteiger partial charge < -0.3 is 10.2 Å². The number of carbonyl (C=O) groups excluding carboxylic acids is 2. The first-order valence-electron chi connectivity index (χ1n) is 9.03. The molecule has 0 atom stereocenters. The number of hydrogen-bond donors (Lipinski definition) is 1. The second-order valence-corrected chi connectivity index (χ2v) is 6.71. The van der Waals surface area contributed by atoms with Crippen LogP contribution in [-0.4, -0.2) is 42.9 Å². The minimum Gasteiger partial charge on any atom is -0.345 e. The minimum atomic E-state index is -0.530. The lowest BCUT2D eigenvalue weighted by molar-refractivity contribution is -0.138. The van der Waals surface area contributed by atoms with Crippen LogP contribution in [0.3, 0.4) is 0 Å². The summed E-state index contributed by atoms with van der Waals surface area (Å²) in [6.45, 7) is 2.77. The Morgan fingerprint density at radius 3 is 2.19 bits per heavy atom. The number of amides is 2. The molecule has 0 radical (unpaired) electrons. The van der Waals surface area contributed by atoms with Crippen molar-refractivity contribution in [2.24, 2.45) is 0 Å².